The van der Waals surface area contributed by atoms with Gasteiger partial charge in [0.05, 0.1) is 11.6 Å². The zero-order valence-electron chi connectivity index (χ0n) is 13.6. The summed E-state index contributed by atoms with van der Waals surface area (Å²) in [6, 6.07) is 3.90. The molecule has 1 aromatic carbocycles. The van der Waals surface area contributed by atoms with Crippen molar-refractivity contribution in [2.45, 2.75) is 6.42 Å². The molecule has 0 spiro atoms. The Labute approximate surface area is 142 Å². The number of fused-ring (bicyclic) bond motifs is 1. The van der Waals surface area contributed by atoms with Crippen molar-refractivity contribution in [2.75, 3.05) is 23.7 Å². The number of aromatic nitrogens is 4. The normalized spacial score (nSPS) is 14.8. The highest BCUT2D eigenvalue weighted by atomic mass is 19.1. The van der Waals surface area contributed by atoms with Crippen molar-refractivity contribution < 1.29 is 8.78 Å². The number of anilines is 2. The van der Waals surface area contributed by atoms with Gasteiger partial charge < -0.3 is 10.6 Å². The summed E-state index contributed by atoms with van der Waals surface area (Å²) in [5.74, 6) is -0.242. The second-order valence-electron chi connectivity index (χ2n) is 5.94. The van der Waals surface area contributed by atoms with Crippen molar-refractivity contribution >= 4 is 28.4 Å². The summed E-state index contributed by atoms with van der Waals surface area (Å²) < 4.78 is 29.5. The number of halogens is 2. The molecular formula is C17H16F2N6. The molecule has 3 aromatic rings. The molecule has 1 aliphatic rings. The predicted octanol–water partition coefficient (Wildman–Crippen LogP) is 2.52. The molecule has 6 nitrogen and oxygen atoms in total. The molecule has 0 atom stereocenters. The van der Waals surface area contributed by atoms with Gasteiger partial charge in [0.1, 0.15) is 17.5 Å². The lowest BCUT2D eigenvalue weighted by Crippen LogP contribution is -2.30. The van der Waals surface area contributed by atoms with Crippen LogP contribution in [0.3, 0.4) is 0 Å². The standard InChI is InChI=1S/C17H16F2N6/c1-24-16-11(9-21-24)15(20)22-17(23-16)25-7-5-10(6-8-25)14-12(18)3-2-4-13(14)19/h2-5,9H,6-8H2,1H3,(H2,20,22,23). The molecule has 2 N–H and O–H groups in total. The molecule has 8 heteroatoms. The third kappa shape index (κ3) is 2.59. The molecule has 25 heavy (non-hydrogen) atoms. The van der Waals surface area contributed by atoms with Crippen LogP contribution in [-0.4, -0.2) is 32.8 Å². The minimum absolute atomic E-state index is 0.0460. The minimum atomic E-state index is -0.545. The zero-order valence-corrected chi connectivity index (χ0v) is 13.6. The fourth-order valence-corrected chi connectivity index (χ4v) is 3.06. The van der Waals surface area contributed by atoms with Crippen LogP contribution >= 0.6 is 0 Å². The number of nitrogens with zero attached hydrogens (tertiary/aromatic N) is 5. The van der Waals surface area contributed by atoms with E-state index in [4.69, 9.17) is 5.73 Å². The topological polar surface area (TPSA) is 72.9 Å². The van der Waals surface area contributed by atoms with Crippen molar-refractivity contribution in [3.63, 3.8) is 0 Å². The van der Waals surface area contributed by atoms with Crippen LogP contribution < -0.4 is 10.6 Å². The third-order valence-electron chi connectivity index (χ3n) is 4.39. The molecule has 0 radical (unpaired) electrons. The van der Waals surface area contributed by atoms with E-state index in [0.717, 1.165) is 0 Å². The Hall–Kier alpha value is -3.03. The first kappa shape index (κ1) is 15.5. The van der Waals surface area contributed by atoms with Crippen LogP contribution in [0.2, 0.25) is 0 Å². The Bertz CT molecular complexity index is 974. The summed E-state index contributed by atoms with van der Waals surface area (Å²) >= 11 is 0. The second kappa shape index (κ2) is 5.80. The number of aryl methyl sites for hydroxylation is 1. The number of nitrogen functional groups attached to an aromatic ring is 1. The first-order valence-corrected chi connectivity index (χ1v) is 7.88. The number of benzene rings is 1. The van der Waals surface area contributed by atoms with Gasteiger partial charge in [0.2, 0.25) is 5.95 Å². The van der Waals surface area contributed by atoms with Crippen LogP contribution in [0.25, 0.3) is 16.6 Å². The molecule has 3 heterocycles. The van der Waals surface area contributed by atoms with Gasteiger partial charge in [-0.15, -0.1) is 0 Å². The largest absolute Gasteiger partial charge is 0.383 e. The summed E-state index contributed by atoms with van der Waals surface area (Å²) in [6.45, 7) is 0.994. The van der Waals surface area contributed by atoms with Crippen LogP contribution in [0.1, 0.15) is 12.0 Å². The summed E-state index contributed by atoms with van der Waals surface area (Å²) in [5, 5.41) is 4.84. The van der Waals surface area contributed by atoms with E-state index in [0.29, 0.717) is 47.9 Å². The smallest absolute Gasteiger partial charge is 0.229 e. The highest BCUT2D eigenvalue weighted by Crippen LogP contribution is 2.29. The van der Waals surface area contributed by atoms with Crippen molar-refractivity contribution in [2.24, 2.45) is 7.05 Å². The van der Waals surface area contributed by atoms with Crippen molar-refractivity contribution in [3.05, 3.63) is 47.7 Å². The molecule has 0 bridgehead atoms. The first-order valence-electron chi connectivity index (χ1n) is 7.88. The van der Waals surface area contributed by atoms with Gasteiger partial charge in [0.15, 0.2) is 5.65 Å². The average Bonchev–Trinajstić information content (AvgIpc) is 2.97. The maximum Gasteiger partial charge on any atom is 0.229 e. The lowest BCUT2D eigenvalue weighted by atomic mass is 9.98. The van der Waals surface area contributed by atoms with Gasteiger partial charge in [-0.25, -0.2) is 8.78 Å². The number of rotatable bonds is 2. The Morgan fingerprint density at radius 1 is 1.16 bits per heavy atom. The van der Waals surface area contributed by atoms with E-state index in [9.17, 15) is 8.78 Å². The van der Waals surface area contributed by atoms with Crippen LogP contribution in [0, 0.1) is 11.6 Å². The molecule has 1 aliphatic heterocycles. The van der Waals surface area contributed by atoms with E-state index in [-0.39, 0.29) is 5.56 Å². The van der Waals surface area contributed by atoms with Crippen LogP contribution in [0.5, 0.6) is 0 Å². The van der Waals surface area contributed by atoms with E-state index in [1.54, 1.807) is 24.0 Å². The van der Waals surface area contributed by atoms with E-state index in [1.165, 1.54) is 18.2 Å². The number of hydrogen-bond acceptors (Lipinski definition) is 5. The van der Waals surface area contributed by atoms with Gasteiger partial charge in [-0.2, -0.15) is 15.1 Å². The summed E-state index contributed by atoms with van der Waals surface area (Å²) in [7, 11) is 1.79. The molecule has 0 unspecified atom stereocenters. The maximum atomic E-state index is 13.9. The summed E-state index contributed by atoms with van der Waals surface area (Å²) in [5.41, 5.74) is 7.34. The Kier molecular flexibility index (Phi) is 3.60. The summed E-state index contributed by atoms with van der Waals surface area (Å²) in [4.78, 5) is 10.8. The molecule has 0 saturated carbocycles. The van der Waals surface area contributed by atoms with Gasteiger partial charge in [0, 0.05) is 25.7 Å². The lowest BCUT2D eigenvalue weighted by Gasteiger charge is -2.27. The van der Waals surface area contributed by atoms with Crippen LogP contribution in [-0.2, 0) is 7.05 Å². The molecule has 128 valence electrons. The van der Waals surface area contributed by atoms with Crippen molar-refractivity contribution in [1.82, 2.24) is 19.7 Å². The maximum absolute atomic E-state index is 13.9. The monoisotopic (exact) mass is 342 g/mol. The van der Waals surface area contributed by atoms with E-state index < -0.39 is 11.6 Å². The first-order chi connectivity index (χ1) is 12.0. The van der Waals surface area contributed by atoms with Crippen molar-refractivity contribution in [1.29, 1.82) is 0 Å². The number of hydrogen-bond donors (Lipinski definition) is 1. The van der Waals surface area contributed by atoms with Gasteiger partial charge in [0.25, 0.3) is 0 Å². The quantitative estimate of drug-likeness (QED) is 0.775. The van der Waals surface area contributed by atoms with Gasteiger partial charge in [-0.1, -0.05) is 12.1 Å². The average molecular weight is 342 g/mol. The molecule has 0 aliphatic carbocycles. The second-order valence-corrected chi connectivity index (χ2v) is 5.94. The predicted molar refractivity (Wildman–Crippen MR) is 91.9 cm³/mol. The fourth-order valence-electron chi connectivity index (χ4n) is 3.06. The third-order valence-corrected chi connectivity index (χ3v) is 4.39. The lowest BCUT2D eigenvalue weighted by molar-refractivity contribution is 0.574. The van der Waals surface area contributed by atoms with Gasteiger partial charge in [-0.3, -0.25) is 4.68 Å². The van der Waals surface area contributed by atoms with E-state index >= 15 is 0 Å². The summed E-state index contributed by atoms with van der Waals surface area (Å²) in [6.07, 6.45) is 3.92. The van der Waals surface area contributed by atoms with E-state index in [1.807, 2.05) is 4.90 Å². The van der Waals surface area contributed by atoms with Gasteiger partial charge >= 0.3 is 0 Å². The minimum Gasteiger partial charge on any atom is -0.383 e. The Morgan fingerprint density at radius 3 is 2.60 bits per heavy atom. The molecule has 0 saturated heterocycles. The molecule has 0 amide bonds. The molecule has 4 rings (SSSR count). The van der Waals surface area contributed by atoms with Gasteiger partial charge in [-0.05, 0) is 24.1 Å². The highest BCUT2D eigenvalue weighted by Gasteiger charge is 2.21. The fraction of sp³-hybridized carbons (Fsp3) is 0.235. The van der Waals surface area contributed by atoms with Crippen LogP contribution in [0.4, 0.5) is 20.5 Å². The number of nitrogens with two attached hydrogens (primary N) is 1. The Balaban J connectivity index is 1.65. The van der Waals surface area contributed by atoms with Crippen molar-refractivity contribution in [3.8, 4) is 0 Å². The molecule has 0 fully saturated rings. The Morgan fingerprint density at radius 2 is 1.92 bits per heavy atom. The highest BCUT2D eigenvalue weighted by molar-refractivity contribution is 5.86. The SMILES string of the molecule is Cn1ncc2c(N)nc(N3CC=C(c4c(F)cccc4F)CC3)nc21. The zero-order chi connectivity index (χ0) is 17.6. The molecular weight excluding hydrogens is 326 g/mol. The molecule has 2 aromatic heterocycles. The van der Waals surface area contributed by atoms with Crippen LogP contribution in [0.15, 0.2) is 30.5 Å². The van der Waals surface area contributed by atoms with E-state index in [2.05, 4.69) is 15.1 Å².